The van der Waals surface area contributed by atoms with E-state index in [1.54, 1.807) is 0 Å². The van der Waals surface area contributed by atoms with Crippen LogP contribution < -0.4 is 14.8 Å². The number of hydrogen-bond acceptors (Lipinski definition) is 4. The minimum atomic E-state index is -0.0146. The Hall–Kier alpha value is -2.17. The van der Waals surface area contributed by atoms with Crippen LogP contribution >= 0.6 is 0 Å². The summed E-state index contributed by atoms with van der Waals surface area (Å²) in [7, 11) is 0. The zero-order chi connectivity index (χ0) is 14.2. The third-order valence-corrected chi connectivity index (χ3v) is 2.93. The number of nitrogens with zero attached hydrogens (tertiary/aromatic N) is 1. The zero-order valence-corrected chi connectivity index (χ0v) is 12.0. The van der Waals surface area contributed by atoms with E-state index in [0.717, 1.165) is 28.6 Å². The minimum absolute atomic E-state index is 0.0146. The molecular formula is C15H19N3O2. The van der Waals surface area contributed by atoms with Gasteiger partial charge in [0, 0.05) is 17.2 Å². The molecule has 2 N–H and O–H groups in total. The molecule has 20 heavy (non-hydrogen) atoms. The van der Waals surface area contributed by atoms with Gasteiger partial charge in [-0.3, -0.25) is 5.10 Å². The van der Waals surface area contributed by atoms with Crippen molar-refractivity contribution < 1.29 is 9.47 Å². The molecule has 3 rings (SSSR count). The van der Waals surface area contributed by atoms with Gasteiger partial charge >= 0.3 is 0 Å². The third-order valence-electron chi connectivity index (χ3n) is 2.93. The maximum absolute atomic E-state index is 5.60. The summed E-state index contributed by atoms with van der Waals surface area (Å²) >= 11 is 0. The number of nitrogens with one attached hydrogen (secondary N) is 2. The molecular weight excluding hydrogens is 254 g/mol. The van der Waals surface area contributed by atoms with E-state index in [9.17, 15) is 0 Å². The Kier molecular flexibility index (Phi) is 3.04. The van der Waals surface area contributed by atoms with Crippen LogP contribution in [0.25, 0.3) is 11.3 Å². The average molecular weight is 273 g/mol. The molecule has 2 heterocycles. The molecule has 1 aromatic carbocycles. The van der Waals surface area contributed by atoms with Gasteiger partial charge in [0.2, 0.25) is 0 Å². The standard InChI is InChI=1S/C15H19N3O2/c1-15(2,3)16-14-9-11(17-18-14)10-4-5-12-13(8-10)20-7-6-19-12/h4-5,8-9H,6-7H2,1-3H3,(H2,16,17,18). The predicted molar refractivity (Wildman–Crippen MR) is 78.4 cm³/mol. The van der Waals surface area contributed by atoms with Gasteiger partial charge in [-0.05, 0) is 39.0 Å². The highest BCUT2D eigenvalue weighted by molar-refractivity contribution is 5.66. The number of rotatable bonds is 2. The van der Waals surface area contributed by atoms with E-state index in [1.807, 2.05) is 24.3 Å². The van der Waals surface area contributed by atoms with Crippen LogP contribution in [-0.2, 0) is 0 Å². The van der Waals surface area contributed by atoms with Crippen molar-refractivity contribution in [3.05, 3.63) is 24.3 Å². The number of aromatic nitrogens is 2. The first-order valence-electron chi connectivity index (χ1n) is 6.75. The van der Waals surface area contributed by atoms with Crippen LogP contribution in [0, 0.1) is 0 Å². The van der Waals surface area contributed by atoms with Gasteiger partial charge in [-0.1, -0.05) is 0 Å². The lowest BCUT2D eigenvalue weighted by Gasteiger charge is -2.19. The molecule has 0 saturated heterocycles. The monoisotopic (exact) mass is 273 g/mol. The Bertz CT molecular complexity index is 614. The Morgan fingerprint density at radius 1 is 1.10 bits per heavy atom. The van der Waals surface area contributed by atoms with Gasteiger partial charge < -0.3 is 14.8 Å². The first-order valence-corrected chi connectivity index (χ1v) is 6.75. The van der Waals surface area contributed by atoms with Crippen LogP contribution in [0.1, 0.15) is 20.8 Å². The van der Waals surface area contributed by atoms with Crippen molar-refractivity contribution in [3.8, 4) is 22.8 Å². The fourth-order valence-electron chi connectivity index (χ4n) is 2.13. The lowest BCUT2D eigenvalue weighted by atomic mass is 10.1. The molecule has 0 amide bonds. The molecule has 106 valence electrons. The molecule has 1 aromatic heterocycles. The fraction of sp³-hybridized carbons (Fsp3) is 0.400. The number of H-pyrrole nitrogens is 1. The summed E-state index contributed by atoms with van der Waals surface area (Å²) in [5.74, 6) is 2.42. The van der Waals surface area contributed by atoms with Crippen molar-refractivity contribution >= 4 is 5.82 Å². The second-order valence-electron chi connectivity index (χ2n) is 5.90. The molecule has 0 spiro atoms. The average Bonchev–Trinajstić information content (AvgIpc) is 2.84. The predicted octanol–water partition coefficient (Wildman–Crippen LogP) is 3.06. The number of ether oxygens (including phenoxy) is 2. The Balaban J connectivity index is 1.86. The number of aromatic amines is 1. The highest BCUT2D eigenvalue weighted by Gasteiger charge is 2.15. The second kappa shape index (κ2) is 4.74. The number of benzene rings is 1. The molecule has 0 atom stereocenters. The van der Waals surface area contributed by atoms with Crippen LogP contribution in [-0.4, -0.2) is 29.0 Å². The number of anilines is 1. The normalized spacial score (nSPS) is 14.2. The van der Waals surface area contributed by atoms with E-state index in [1.165, 1.54) is 0 Å². The van der Waals surface area contributed by atoms with E-state index in [4.69, 9.17) is 9.47 Å². The molecule has 0 bridgehead atoms. The maximum Gasteiger partial charge on any atom is 0.162 e. The highest BCUT2D eigenvalue weighted by Crippen LogP contribution is 2.34. The topological polar surface area (TPSA) is 59.2 Å². The molecule has 0 unspecified atom stereocenters. The van der Waals surface area contributed by atoms with E-state index >= 15 is 0 Å². The highest BCUT2D eigenvalue weighted by atomic mass is 16.6. The van der Waals surface area contributed by atoms with Crippen LogP contribution in [0.3, 0.4) is 0 Å². The van der Waals surface area contributed by atoms with Crippen LogP contribution in [0.2, 0.25) is 0 Å². The van der Waals surface area contributed by atoms with Gasteiger partial charge in [0.1, 0.15) is 19.0 Å². The summed E-state index contributed by atoms with van der Waals surface area (Å²) in [6.45, 7) is 7.51. The Morgan fingerprint density at radius 2 is 1.85 bits per heavy atom. The molecule has 0 saturated carbocycles. The van der Waals surface area contributed by atoms with Crippen molar-refractivity contribution in [3.63, 3.8) is 0 Å². The van der Waals surface area contributed by atoms with E-state index in [2.05, 4.69) is 36.3 Å². The lowest BCUT2D eigenvalue weighted by Crippen LogP contribution is -2.26. The Morgan fingerprint density at radius 3 is 2.60 bits per heavy atom. The largest absolute Gasteiger partial charge is 0.486 e. The van der Waals surface area contributed by atoms with E-state index in [-0.39, 0.29) is 5.54 Å². The molecule has 5 heteroatoms. The zero-order valence-electron chi connectivity index (χ0n) is 12.0. The number of fused-ring (bicyclic) bond motifs is 1. The van der Waals surface area contributed by atoms with Crippen molar-refractivity contribution in [1.29, 1.82) is 0 Å². The molecule has 5 nitrogen and oxygen atoms in total. The van der Waals surface area contributed by atoms with Gasteiger partial charge in [0.25, 0.3) is 0 Å². The van der Waals surface area contributed by atoms with E-state index < -0.39 is 0 Å². The molecule has 1 aliphatic rings. The van der Waals surface area contributed by atoms with Gasteiger partial charge in [0.15, 0.2) is 11.5 Å². The maximum atomic E-state index is 5.60. The van der Waals surface area contributed by atoms with Gasteiger partial charge in [-0.15, -0.1) is 0 Å². The molecule has 1 aliphatic heterocycles. The van der Waals surface area contributed by atoms with Crippen molar-refractivity contribution in [1.82, 2.24) is 10.2 Å². The van der Waals surface area contributed by atoms with Crippen LogP contribution in [0.4, 0.5) is 5.82 Å². The van der Waals surface area contributed by atoms with Gasteiger partial charge in [-0.2, -0.15) is 5.10 Å². The smallest absolute Gasteiger partial charge is 0.162 e. The van der Waals surface area contributed by atoms with Crippen LogP contribution in [0.5, 0.6) is 11.5 Å². The summed E-state index contributed by atoms with van der Waals surface area (Å²) in [6.07, 6.45) is 0. The van der Waals surface area contributed by atoms with Gasteiger partial charge in [0.05, 0.1) is 5.69 Å². The fourth-order valence-corrected chi connectivity index (χ4v) is 2.13. The minimum Gasteiger partial charge on any atom is -0.486 e. The molecule has 0 fully saturated rings. The first-order chi connectivity index (χ1) is 9.51. The lowest BCUT2D eigenvalue weighted by molar-refractivity contribution is 0.171. The van der Waals surface area contributed by atoms with Crippen molar-refractivity contribution in [2.24, 2.45) is 0 Å². The summed E-state index contributed by atoms with van der Waals surface area (Å²) in [5.41, 5.74) is 1.97. The van der Waals surface area contributed by atoms with Gasteiger partial charge in [-0.25, -0.2) is 0 Å². The van der Waals surface area contributed by atoms with E-state index in [0.29, 0.717) is 13.2 Å². The van der Waals surface area contributed by atoms with Crippen molar-refractivity contribution in [2.45, 2.75) is 26.3 Å². The summed E-state index contributed by atoms with van der Waals surface area (Å²) in [4.78, 5) is 0. The first kappa shape index (κ1) is 12.8. The molecule has 0 radical (unpaired) electrons. The summed E-state index contributed by atoms with van der Waals surface area (Å²) < 4.78 is 11.1. The number of hydrogen-bond donors (Lipinski definition) is 2. The molecule has 0 aliphatic carbocycles. The SMILES string of the molecule is CC(C)(C)Nc1cc(-c2ccc3c(c2)OCCO3)[nH]n1. The third kappa shape index (κ3) is 2.71. The quantitative estimate of drug-likeness (QED) is 0.883. The summed E-state index contributed by atoms with van der Waals surface area (Å²) in [5, 5.41) is 10.7. The van der Waals surface area contributed by atoms with Crippen molar-refractivity contribution in [2.75, 3.05) is 18.5 Å². The summed E-state index contributed by atoms with van der Waals surface area (Å²) in [6, 6.07) is 7.91. The Labute approximate surface area is 118 Å². The van der Waals surface area contributed by atoms with Crippen LogP contribution in [0.15, 0.2) is 24.3 Å². The second-order valence-corrected chi connectivity index (χ2v) is 5.90. The molecule has 2 aromatic rings.